The first-order valence-electron chi connectivity index (χ1n) is 8.56. The molecule has 3 rings (SSSR count). The second-order valence-corrected chi connectivity index (χ2v) is 6.37. The fourth-order valence-corrected chi connectivity index (χ4v) is 3.64. The van der Waals surface area contributed by atoms with Crippen LogP contribution in [0, 0.1) is 0 Å². The molecular formula is C18H26N2O2. The smallest absolute Gasteiger partial charge is 0.424 e. The van der Waals surface area contributed by atoms with E-state index in [9.17, 15) is 4.79 Å². The highest BCUT2D eigenvalue weighted by Crippen LogP contribution is 2.29. The van der Waals surface area contributed by atoms with E-state index >= 15 is 0 Å². The Balaban J connectivity index is 1.70. The number of carbonyl (C=O) groups is 1. The lowest BCUT2D eigenvalue weighted by molar-refractivity contribution is -0.0157. The van der Waals surface area contributed by atoms with Crippen LogP contribution in [0.1, 0.15) is 44.6 Å². The molecule has 0 bridgehead atoms. The van der Waals surface area contributed by atoms with Crippen LogP contribution in [0.25, 0.3) is 0 Å². The number of rotatable bonds is 6. The lowest BCUT2D eigenvalue weighted by atomic mass is 10.1. The second-order valence-electron chi connectivity index (χ2n) is 6.37. The van der Waals surface area contributed by atoms with Crippen molar-refractivity contribution in [1.29, 1.82) is 0 Å². The number of hydrogen-bond acceptors (Lipinski definition) is 3. The van der Waals surface area contributed by atoms with Gasteiger partial charge in [0, 0.05) is 12.6 Å². The van der Waals surface area contributed by atoms with Crippen molar-refractivity contribution in [1.82, 2.24) is 10.0 Å². The van der Waals surface area contributed by atoms with Crippen molar-refractivity contribution >= 4 is 6.09 Å². The fourth-order valence-electron chi connectivity index (χ4n) is 3.64. The third-order valence-electron chi connectivity index (χ3n) is 4.76. The predicted octanol–water partition coefficient (Wildman–Crippen LogP) is 3.62. The molecule has 2 fully saturated rings. The van der Waals surface area contributed by atoms with Gasteiger partial charge >= 0.3 is 6.09 Å². The van der Waals surface area contributed by atoms with Crippen LogP contribution in [0.4, 0.5) is 4.79 Å². The number of hydrogen-bond donors (Lipinski definition) is 0. The number of nitrogens with zero attached hydrogens (tertiary/aromatic N) is 2. The summed E-state index contributed by atoms with van der Waals surface area (Å²) in [4.78, 5) is 12.2. The van der Waals surface area contributed by atoms with Gasteiger partial charge in [-0.25, -0.2) is 14.8 Å². The number of benzene rings is 1. The summed E-state index contributed by atoms with van der Waals surface area (Å²) in [5.41, 5.74) is 1.26. The van der Waals surface area contributed by atoms with E-state index in [0.717, 1.165) is 13.0 Å². The van der Waals surface area contributed by atoms with E-state index in [1.165, 1.54) is 37.7 Å². The highest BCUT2D eigenvalue weighted by Gasteiger charge is 2.41. The molecule has 4 heteroatoms. The van der Waals surface area contributed by atoms with Crippen molar-refractivity contribution in [2.45, 2.75) is 57.5 Å². The van der Waals surface area contributed by atoms with Crippen molar-refractivity contribution in [3.63, 3.8) is 0 Å². The SMILES string of the molecule is CCCCC1CCCN1N1C(=O)OCC1Cc1ccccc1. The lowest BCUT2D eigenvalue weighted by Crippen LogP contribution is -2.51. The van der Waals surface area contributed by atoms with E-state index in [2.05, 4.69) is 36.2 Å². The summed E-state index contributed by atoms with van der Waals surface area (Å²) in [6.45, 7) is 3.71. The molecule has 0 spiro atoms. The number of hydrazine groups is 1. The molecule has 22 heavy (non-hydrogen) atoms. The van der Waals surface area contributed by atoms with E-state index in [1.54, 1.807) is 0 Å². The summed E-state index contributed by atoms with van der Waals surface area (Å²) in [6.07, 6.45) is 6.69. The summed E-state index contributed by atoms with van der Waals surface area (Å²) >= 11 is 0. The number of amides is 1. The zero-order valence-electron chi connectivity index (χ0n) is 13.4. The summed E-state index contributed by atoms with van der Waals surface area (Å²) in [7, 11) is 0. The molecular weight excluding hydrogens is 276 g/mol. The van der Waals surface area contributed by atoms with Crippen LogP contribution in [0.15, 0.2) is 30.3 Å². The number of carbonyl (C=O) groups excluding carboxylic acids is 1. The van der Waals surface area contributed by atoms with Crippen LogP contribution in [0.5, 0.6) is 0 Å². The number of unbranched alkanes of at least 4 members (excludes halogenated alkanes) is 1. The highest BCUT2D eigenvalue weighted by atomic mass is 16.6. The van der Waals surface area contributed by atoms with Crippen LogP contribution < -0.4 is 0 Å². The van der Waals surface area contributed by atoms with Gasteiger partial charge in [-0.3, -0.25) is 0 Å². The van der Waals surface area contributed by atoms with Gasteiger partial charge in [0.1, 0.15) is 6.61 Å². The molecule has 2 heterocycles. The highest BCUT2D eigenvalue weighted by molar-refractivity contribution is 5.69. The molecule has 0 N–H and O–H groups in total. The average Bonchev–Trinajstić information content (AvgIpc) is 3.13. The quantitative estimate of drug-likeness (QED) is 0.804. The fraction of sp³-hybridized carbons (Fsp3) is 0.611. The van der Waals surface area contributed by atoms with Gasteiger partial charge in [-0.05, 0) is 31.2 Å². The number of cyclic esters (lactones) is 1. The Labute approximate surface area is 133 Å². The summed E-state index contributed by atoms with van der Waals surface area (Å²) in [5.74, 6) is 0. The molecule has 2 saturated heterocycles. The topological polar surface area (TPSA) is 32.8 Å². The Morgan fingerprint density at radius 3 is 2.82 bits per heavy atom. The van der Waals surface area contributed by atoms with Crippen LogP contribution in [-0.4, -0.2) is 41.3 Å². The minimum absolute atomic E-state index is 0.136. The summed E-state index contributed by atoms with van der Waals surface area (Å²) < 4.78 is 5.36. The van der Waals surface area contributed by atoms with Crippen molar-refractivity contribution < 1.29 is 9.53 Å². The molecule has 1 aromatic carbocycles. The van der Waals surface area contributed by atoms with E-state index in [0.29, 0.717) is 12.6 Å². The van der Waals surface area contributed by atoms with E-state index in [4.69, 9.17) is 4.74 Å². The maximum Gasteiger partial charge on any atom is 0.424 e. The molecule has 0 saturated carbocycles. The van der Waals surface area contributed by atoms with Crippen molar-refractivity contribution in [3.8, 4) is 0 Å². The first-order valence-corrected chi connectivity index (χ1v) is 8.56. The first kappa shape index (κ1) is 15.3. The summed E-state index contributed by atoms with van der Waals surface area (Å²) in [5, 5.41) is 4.21. The van der Waals surface area contributed by atoms with E-state index in [1.807, 2.05) is 11.1 Å². The third kappa shape index (κ3) is 3.27. The van der Waals surface area contributed by atoms with Gasteiger partial charge in [0.2, 0.25) is 0 Å². The maximum atomic E-state index is 12.2. The van der Waals surface area contributed by atoms with Gasteiger partial charge in [-0.1, -0.05) is 50.1 Å². The van der Waals surface area contributed by atoms with E-state index < -0.39 is 0 Å². The summed E-state index contributed by atoms with van der Waals surface area (Å²) in [6, 6.07) is 11.0. The van der Waals surface area contributed by atoms with Gasteiger partial charge in [0.15, 0.2) is 0 Å². The molecule has 1 amide bonds. The van der Waals surface area contributed by atoms with Crippen molar-refractivity contribution in [3.05, 3.63) is 35.9 Å². The normalized spacial score (nSPS) is 25.7. The molecule has 2 unspecified atom stereocenters. The molecule has 0 aliphatic carbocycles. The molecule has 4 nitrogen and oxygen atoms in total. The molecule has 0 radical (unpaired) electrons. The monoisotopic (exact) mass is 302 g/mol. The lowest BCUT2D eigenvalue weighted by Gasteiger charge is -2.35. The van der Waals surface area contributed by atoms with Crippen LogP contribution in [0.3, 0.4) is 0 Å². The van der Waals surface area contributed by atoms with Gasteiger partial charge in [0.05, 0.1) is 6.04 Å². The molecule has 1 aromatic rings. The third-order valence-corrected chi connectivity index (χ3v) is 4.76. The van der Waals surface area contributed by atoms with Gasteiger partial charge < -0.3 is 4.74 Å². The Bertz CT molecular complexity index is 491. The molecule has 0 aromatic heterocycles. The second kappa shape index (κ2) is 7.14. The predicted molar refractivity (Wildman–Crippen MR) is 86.4 cm³/mol. The zero-order valence-corrected chi connectivity index (χ0v) is 13.4. The standard InChI is InChI=1S/C18H26N2O2/c1-2-3-10-16-11-7-12-19(16)20-17(14-22-18(20)21)13-15-8-5-4-6-9-15/h4-6,8-9,16-17H,2-3,7,10-14H2,1H3. The Morgan fingerprint density at radius 1 is 1.23 bits per heavy atom. The molecule has 2 aliphatic rings. The molecule has 2 atom stereocenters. The van der Waals surface area contributed by atoms with Crippen LogP contribution in [-0.2, 0) is 11.2 Å². The average molecular weight is 302 g/mol. The molecule has 120 valence electrons. The minimum Gasteiger partial charge on any atom is -0.446 e. The largest absolute Gasteiger partial charge is 0.446 e. The Kier molecular flexibility index (Phi) is 4.98. The van der Waals surface area contributed by atoms with Gasteiger partial charge in [0.25, 0.3) is 0 Å². The number of ether oxygens (including phenoxy) is 1. The first-order chi connectivity index (χ1) is 10.8. The zero-order chi connectivity index (χ0) is 15.4. The maximum absolute atomic E-state index is 12.2. The van der Waals surface area contributed by atoms with Crippen LogP contribution in [0.2, 0.25) is 0 Å². The Hall–Kier alpha value is -1.55. The minimum atomic E-state index is -0.163. The van der Waals surface area contributed by atoms with Crippen LogP contribution >= 0.6 is 0 Å². The van der Waals surface area contributed by atoms with Gasteiger partial charge in [-0.15, -0.1) is 0 Å². The van der Waals surface area contributed by atoms with Crippen molar-refractivity contribution in [2.75, 3.05) is 13.2 Å². The van der Waals surface area contributed by atoms with Crippen molar-refractivity contribution in [2.24, 2.45) is 0 Å². The van der Waals surface area contributed by atoms with Gasteiger partial charge in [-0.2, -0.15) is 0 Å². The van der Waals surface area contributed by atoms with E-state index in [-0.39, 0.29) is 12.1 Å². The Morgan fingerprint density at radius 2 is 2.05 bits per heavy atom. The molecule has 2 aliphatic heterocycles.